The first kappa shape index (κ1) is 25.0. The second-order valence-electron chi connectivity index (χ2n) is 8.56. The van der Waals surface area contributed by atoms with E-state index in [-0.39, 0.29) is 11.8 Å². The van der Waals surface area contributed by atoms with E-state index in [0.717, 1.165) is 24.8 Å². The van der Waals surface area contributed by atoms with E-state index in [1.807, 2.05) is 6.26 Å². The van der Waals surface area contributed by atoms with E-state index in [4.69, 9.17) is 11.6 Å². The van der Waals surface area contributed by atoms with Gasteiger partial charge >= 0.3 is 0 Å². The van der Waals surface area contributed by atoms with Gasteiger partial charge in [-0.3, -0.25) is 14.5 Å². The number of nitrogens with one attached hydrogen (secondary N) is 2. The van der Waals surface area contributed by atoms with Gasteiger partial charge in [-0.2, -0.15) is 11.8 Å². The fourth-order valence-corrected chi connectivity index (χ4v) is 4.55. The molecular formula is C23H36ClN3O2S. The van der Waals surface area contributed by atoms with Crippen LogP contribution in [0, 0.1) is 11.8 Å². The lowest BCUT2D eigenvalue weighted by Crippen LogP contribution is -2.53. The monoisotopic (exact) mass is 453 g/mol. The number of carbonyl (C=O) groups excluding carboxylic acids is 2. The van der Waals surface area contributed by atoms with Gasteiger partial charge in [-0.05, 0) is 68.3 Å². The van der Waals surface area contributed by atoms with Gasteiger partial charge < -0.3 is 10.6 Å². The van der Waals surface area contributed by atoms with Crippen LogP contribution >= 0.6 is 23.4 Å². The summed E-state index contributed by atoms with van der Waals surface area (Å²) in [5, 5.41) is 6.39. The molecule has 2 rings (SSSR count). The van der Waals surface area contributed by atoms with Gasteiger partial charge in [0.1, 0.15) is 6.04 Å². The Morgan fingerprint density at radius 3 is 2.50 bits per heavy atom. The fraction of sp³-hybridized carbons (Fsp3) is 0.652. The van der Waals surface area contributed by atoms with Gasteiger partial charge in [-0.15, -0.1) is 0 Å². The fourth-order valence-electron chi connectivity index (χ4n) is 3.86. The van der Waals surface area contributed by atoms with Gasteiger partial charge in [0.25, 0.3) is 5.91 Å². The van der Waals surface area contributed by atoms with Gasteiger partial charge in [-0.1, -0.05) is 44.5 Å². The number of piperidine rings is 1. The van der Waals surface area contributed by atoms with E-state index < -0.39 is 6.04 Å². The number of halogens is 1. The molecule has 2 unspecified atom stereocenters. The van der Waals surface area contributed by atoms with E-state index in [0.29, 0.717) is 35.5 Å². The Labute approximate surface area is 190 Å². The quantitative estimate of drug-likeness (QED) is 0.560. The summed E-state index contributed by atoms with van der Waals surface area (Å²) < 4.78 is 0. The molecule has 0 spiro atoms. The highest BCUT2D eigenvalue weighted by atomic mass is 35.5. The van der Waals surface area contributed by atoms with Gasteiger partial charge in [0.2, 0.25) is 5.91 Å². The number of rotatable bonds is 10. The topological polar surface area (TPSA) is 61.4 Å². The Hall–Kier alpha value is -1.24. The second-order valence-corrected chi connectivity index (χ2v) is 9.96. The highest BCUT2D eigenvalue weighted by molar-refractivity contribution is 7.98. The standard InChI is InChI=1S/C23H36ClN3O2S/c1-16(2)21(27-12-9-17(3)10-13-27)15-25-23(29)20(11-14-30-4)26-22(28)18-7-5-6-8-19(18)24/h5-8,16-17,20-21H,9-15H2,1-4H3,(H,25,29)(H,26,28). The molecule has 1 saturated heterocycles. The van der Waals surface area contributed by atoms with E-state index in [1.54, 1.807) is 36.0 Å². The zero-order valence-corrected chi connectivity index (χ0v) is 20.2. The van der Waals surface area contributed by atoms with Crippen LogP contribution in [0.5, 0.6) is 0 Å². The number of thioether (sulfide) groups is 1. The van der Waals surface area contributed by atoms with Crippen LogP contribution < -0.4 is 10.6 Å². The minimum atomic E-state index is -0.574. The average molecular weight is 454 g/mol. The lowest BCUT2D eigenvalue weighted by atomic mass is 9.94. The van der Waals surface area contributed by atoms with Crippen molar-refractivity contribution in [1.82, 2.24) is 15.5 Å². The Kier molecular flexibility index (Phi) is 10.5. The van der Waals surface area contributed by atoms with Gasteiger partial charge in [0, 0.05) is 12.6 Å². The highest BCUT2D eigenvalue weighted by Gasteiger charge is 2.28. The molecule has 0 bridgehead atoms. The predicted octanol–water partition coefficient (Wildman–Crippen LogP) is 4.06. The van der Waals surface area contributed by atoms with Crippen molar-refractivity contribution in [3.63, 3.8) is 0 Å². The third kappa shape index (κ3) is 7.47. The molecule has 0 saturated carbocycles. The summed E-state index contributed by atoms with van der Waals surface area (Å²) in [7, 11) is 0. The Bertz CT molecular complexity index is 693. The molecule has 0 radical (unpaired) electrons. The molecule has 5 nitrogen and oxygen atoms in total. The molecule has 0 aliphatic carbocycles. The Morgan fingerprint density at radius 2 is 1.90 bits per heavy atom. The van der Waals surface area contributed by atoms with Crippen molar-refractivity contribution in [1.29, 1.82) is 0 Å². The largest absolute Gasteiger partial charge is 0.353 e. The lowest BCUT2D eigenvalue weighted by molar-refractivity contribution is -0.123. The summed E-state index contributed by atoms with van der Waals surface area (Å²) in [6.07, 6.45) is 5.00. The molecule has 30 heavy (non-hydrogen) atoms. The van der Waals surface area contributed by atoms with E-state index in [2.05, 4.69) is 36.3 Å². The molecule has 1 aliphatic rings. The number of carbonyl (C=O) groups is 2. The minimum Gasteiger partial charge on any atom is -0.353 e. The van der Waals surface area contributed by atoms with Crippen LogP contribution in [0.15, 0.2) is 24.3 Å². The Balaban J connectivity index is 1.99. The molecule has 1 fully saturated rings. The molecule has 2 N–H and O–H groups in total. The first-order chi connectivity index (χ1) is 14.3. The minimum absolute atomic E-state index is 0.125. The van der Waals surface area contributed by atoms with Gasteiger partial charge in [0.05, 0.1) is 10.6 Å². The molecule has 0 aromatic heterocycles. The highest BCUT2D eigenvalue weighted by Crippen LogP contribution is 2.21. The van der Waals surface area contributed by atoms with E-state index in [9.17, 15) is 9.59 Å². The number of hydrogen-bond donors (Lipinski definition) is 2. The van der Waals surface area contributed by atoms with Crippen molar-refractivity contribution in [2.45, 2.75) is 52.1 Å². The van der Waals surface area contributed by atoms with Crippen molar-refractivity contribution in [2.24, 2.45) is 11.8 Å². The third-order valence-corrected chi connectivity index (χ3v) is 6.87. The number of amides is 2. The van der Waals surface area contributed by atoms with E-state index >= 15 is 0 Å². The lowest BCUT2D eigenvalue weighted by Gasteiger charge is -2.39. The van der Waals surface area contributed by atoms with Crippen molar-refractivity contribution >= 4 is 35.2 Å². The summed E-state index contributed by atoms with van der Waals surface area (Å²) in [5.74, 6) is 1.58. The maximum Gasteiger partial charge on any atom is 0.253 e. The zero-order valence-electron chi connectivity index (χ0n) is 18.6. The first-order valence-corrected chi connectivity index (χ1v) is 12.7. The summed E-state index contributed by atoms with van der Waals surface area (Å²) in [4.78, 5) is 28.2. The molecule has 168 valence electrons. The van der Waals surface area contributed by atoms with Crippen LogP contribution in [-0.2, 0) is 4.79 Å². The predicted molar refractivity (Wildman–Crippen MR) is 127 cm³/mol. The van der Waals surface area contributed by atoms with Gasteiger partial charge in [-0.25, -0.2) is 0 Å². The van der Waals surface area contributed by atoms with Crippen LogP contribution in [0.25, 0.3) is 0 Å². The van der Waals surface area contributed by atoms with Crippen LogP contribution in [0.3, 0.4) is 0 Å². The number of nitrogens with zero attached hydrogens (tertiary/aromatic N) is 1. The summed E-state index contributed by atoms with van der Waals surface area (Å²) in [6, 6.07) is 6.64. The average Bonchev–Trinajstić information content (AvgIpc) is 2.72. The molecule has 1 aromatic carbocycles. The van der Waals surface area contributed by atoms with Crippen molar-refractivity contribution in [2.75, 3.05) is 31.6 Å². The van der Waals surface area contributed by atoms with E-state index in [1.165, 1.54) is 12.8 Å². The van der Waals surface area contributed by atoms with Crippen molar-refractivity contribution in [3.8, 4) is 0 Å². The summed E-state index contributed by atoms with van der Waals surface area (Å²) in [6.45, 7) is 9.49. The summed E-state index contributed by atoms with van der Waals surface area (Å²) >= 11 is 7.81. The third-order valence-electron chi connectivity index (χ3n) is 5.89. The van der Waals surface area contributed by atoms with Gasteiger partial charge in [0.15, 0.2) is 0 Å². The normalized spacial score (nSPS) is 17.5. The first-order valence-electron chi connectivity index (χ1n) is 10.9. The maximum absolute atomic E-state index is 13.0. The van der Waals surface area contributed by atoms with Crippen molar-refractivity contribution < 1.29 is 9.59 Å². The molecule has 1 aromatic rings. The molecule has 7 heteroatoms. The number of hydrogen-bond acceptors (Lipinski definition) is 4. The van der Waals surface area contributed by atoms with Crippen LogP contribution in [0.1, 0.15) is 50.4 Å². The number of likely N-dealkylation sites (tertiary alicyclic amines) is 1. The van der Waals surface area contributed by atoms with Crippen LogP contribution in [0.4, 0.5) is 0 Å². The smallest absolute Gasteiger partial charge is 0.253 e. The second kappa shape index (κ2) is 12.6. The molecule has 1 heterocycles. The molecular weight excluding hydrogens is 418 g/mol. The molecule has 2 amide bonds. The SMILES string of the molecule is CSCCC(NC(=O)c1ccccc1Cl)C(=O)NCC(C(C)C)N1CCC(C)CC1. The Morgan fingerprint density at radius 1 is 1.23 bits per heavy atom. The molecule has 2 atom stereocenters. The van der Waals surface area contributed by atoms with Crippen molar-refractivity contribution in [3.05, 3.63) is 34.9 Å². The molecule has 1 aliphatic heterocycles. The van der Waals surface area contributed by atoms with Crippen LogP contribution in [0.2, 0.25) is 5.02 Å². The van der Waals surface area contributed by atoms with Crippen LogP contribution in [-0.4, -0.2) is 60.4 Å². The zero-order chi connectivity index (χ0) is 22.1. The summed E-state index contributed by atoms with van der Waals surface area (Å²) in [5.41, 5.74) is 0.392. The number of benzene rings is 1. The maximum atomic E-state index is 13.0.